The molecule has 118 valence electrons. The smallest absolute Gasteiger partial charge is 0.141 e. The molecule has 0 aromatic heterocycles. The Labute approximate surface area is 134 Å². The molecule has 1 aliphatic carbocycles. The molecule has 0 spiro atoms. The fourth-order valence-electron chi connectivity index (χ4n) is 2.31. The van der Waals surface area contributed by atoms with E-state index in [4.69, 9.17) is 22.1 Å². The minimum Gasteiger partial charge on any atom is -0.491 e. The first-order valence-corrected chi connectivity index (χ1v) is 8.40. The van der Waals surface area contributed by atoms with E-state index in [1.807, 2.05) is 6.07 Å². The molecule has 1 aromatic carbocycles. The van der Waals surface area contributed by atoms with Crippen molar-refractivity contribution in [3.8, 4) is 5.75 Å². The van der Waals surface area contributed by atoms with E-state index < -0.39 is 0 Å². The molecule has 1 unspecified atom stereocenters. The lowest BCUT2D eigenvalue weighted by Gasteiger charge is -2.23. The van der Waals surface area contributed by atoms with Crippen LogP contribution in [0.5, 0.6) is 5.75 Å². The van der Waals surface area contributed by atoms with E-state index in [0.29, 0.717) is 0 Å². The van der Waals surface area contributed by atoms with Gasteiger partial charge in [-0.2, -0.15) is 0 Å². The van der Waals surface area contributed by atoms with Gasteiger partial charge in [-0.15, -0.1) is 0 Å². The highest BCUT2D eigenvalue weighted by atomic mass is 35.5. The van der Waals surface area contributed by atoms with E-state index in [0.717, 1.165) is 41.7 Å². The maximum atomic E-state index is 6.51. The van der Waals surface area contributed by atoms with Gasteiger partial charge in [0.2, 0.25) is 0 Å². The summed E-state index contributed by atoms with van der Waals surface area (Å²) < 4.78 is 6.02. The highest BCUT2D eigenvalue weighted by Gasteiger charge is 2.24. The maximum Gasteiger partial charge on any atom is 0.141 e. The molecule has 3 heteroatoms. The fraction of sp³-hybridized carbons (Fsp3) is 0.667. The molecule has 2 nitrogen and oxygen atoms in total. The van der Waals surface area contributed by atoms with Crippen LogP contribution in [0.2, 0.25) is 5.02 Å². The van der Waals surface area contributed by atoms with Crippen LogP contribution in [0.4, 0.5) is 0 Å². The molecule has 0 bridgehead atoms. The zero-order chi connectivity index (χ0) is 15.6. The maximum absolute atomic E-state index is 6.51. The van der Waals surface area contributed by atoms with E-state index in [-0.39, 0.29) is 11.5 Å². The molecular formula is C18H28ClNO. The lowest BCUT2D eigenvalue weighted by atomic mass is 9.85. The van der Waals surface area contributed by atoms with E-state index in [1.165, 1.54) is 18.4 Å². The lowest BCUT2D eigenvalue weighted by Crippen LogP contribution is -2.22. The van der Waals surface area contributed by atoms with Crippen molar-refractivity contribution < 1.29 is 4.74 Å². The number of nitrogens with two attached hydrogens (primary N) is 1. The summed E-state index contributed by atoms with van der Waals surface area (Å²) in [5, 5.41) is 0.723. The van der Waals surface area contributed by atoms with Crippen LogP contribution >= 0.6 is 11.6 Å². The normalized spacial score (nSPS) is 16.9. The van der Waals surface area contributed by atoms with Crippen molar-refractivity contribution in [3.63, 3.8) is 0 Å². The zero-order valence-corrected chi connectivity index (χ0v) is 14.5. The van der Waals surface area contributed by atoms with Crippen LogP contribution in [0.15, 0.2) is 12.1 Å². The van der Waals surface area contributed by atoms with Gasteiger partial charge in [0.15, 0.2) is 0 Å². The Balaban J connectivity index is 2.30. The van der Waals surface area contributed by atoms with Crippen LogP contribution < -0.4 is 10.5 Å². The number of rotatable bonds is 6. The van der Waals surface area contributed by atoms with Crippen LogP contribution in [-0.2, 0) is 11.8 Å². The number of halogens is 1. The van der Waals surface area contributed by atoms with Gasteiger partial charge in [0, 0.05) is 6.04 Å². The minimum absolute atomic E-state index is 0.0731. The van der Waals surface area contributed by atoms with Crippen molar-refractivity contribution in [2.24, 2.45) is 11.7 Å². The van der Waals surface area contributed by atoms with E-state index in [1.54, 1.807) is 0 Å². The highest BCUT2D eigenvalue weighted by Crippen LogP contribution is 2.37. The Morgan fingerprint density at radius 3 is 2.52 bits per heavy atom. The van der Waals surface area contributed by atoms with E-state index >= 15 is 0 Å². The average molecular weight is 310 g/mol. The molecule has 1 aromatic rings. The lowest BCUT2D eigenvalue weighted by molar-refractivity contribution is 0.296. The summed E-state index contributed by atoms with van der Waals surface area (Å²) in [6, 6.07) is 4.42. The molecule has 2 rings (SSSR count). The summed E-state index contributed by atoms with van der Waals surface area (Å²) in [5.41, 5.74) is 8.62. The van der Waals surface area contributed by atoms with E-state index in [9.17, 15) is 0 Å². The number of benzene rings is 1. The van der Waals surface area contributed by atoms with Gasteiger partial charge in [0.05, 0.1) is 11.6 Å². The predicted octanol–water partition coefficient (Wildman–Crippen LogP) is 4.71. The summed E-state index contributed by atoms with van der Waals surface area (Å²) in [7, 11) is 0. The minimum atomic E-state index is 0.0731. The predicted molar refractivity (Wildman–Crippen MR) is 90.3 cm³/mol. The van der Waals surface area contributed by atoms with Gasteiger partial charge < -0.3 is 10.5 Å². The van der Waals surface area contributed by atoms with Gasteiger partial charge in [0.1, 0.15) is 5.75 Å². The monoisotopic (exact) mass is 309 g/mol. The van der Waals surface area contributed by atoms with E-state index in [2.05, 4.69) is 33.8 Å². The van der Waals surface area contributed by atoms with Crippen molar-refractivity contribution in [1.82, 2.24) is 0 Å². The SMILES string of the molecule is CCC(N)Cc1cc(C(C)(C)C)cc(Cl)c1OCC1CC1. The summed E-state index contributed by atoms with van der Waals surface area (Å²) >= 11 is 6.51. The number of hydrogen-bond donors (Lipinski definition) is 1. The average Bonchev–Trinajstić information content (AvgIpc) is 3.20. The zero-order valence-electron chi connectivity index (χ0n) is 13.7. The summed E-state index contributed by atoms with van der Waals surface area (Å²) in [6.07, 6.45) is 4.34. The largest absolute Gasteiger partial charge is 0.491 e. The first-order valence-electron chi connectivity index (χ1n) is 8.02. The van der Waals surface area contributed by atoms with Crippen molar-refractivity contribution in [2.75, 3.05) is 6.61 Å². The third-order valence-electron chi connectivity index (χ3n) is 4.15. The van der Waals surface area contributed by atoms with Crippen LogP contribution in [0.25, 0.3) is 0 Å². The molecule has 2 N–H and O–H groups in total. The summed E-state index contributed by atoms with van der Waals surface area (Å²) in [6.45, 7) is 9.50. The number of ether oxygens (including phenoxy) is 1. The second-order valence-electron chi connectivity index (χ2n) is 7.32. The Morgan fingerprint density at radius 2 is 2.00 bits per heavy atom. The van der Waals surface area contributed by atoms with Gasteiger partial charge in [-0.25, -0.2) is 0 Å². The molecule has 0 radical (unpaired) electrons. The molecule has 0 amide bonds. The Bertz CT molecular complexity index is 489. The molecule has 1 saturated carbocycles. The molecule has 1 fully saturated rings. The second kappa shape index (κ2) is 6.58. The van der Waals surface area contributed by atoms with Crippen LogP contribution in [0.3, 0.4) is 0 Å². The molecule has 0 heterocycles. The second-order valence-corrected chi connectivity index (χ2v) is 7.73. The summed E-state index contributed by atoms with van der Waals surface area (Å²) in [5.74, 6) is 1.57. The molecule has 1 aliphatic rings. The highest BCUT2D eigenvalue weighted by molar-refractivity contribution is 6.32. The van der Waals surface area contributed by atoms with Gasteiger partial charge in [-0.05, 0) is 54.2 Å². The summed E-state index contributed by atoms with van der Waals surface area (Å²) in [4.78, 5) is 0. The topological polar surface area (TPSA) is 35.2 Å². The van der Waals surface area contributed by atoms with Crippen molar-refractivity contribution >= 4 is 11.6 Å². The van der Waals surface area contributed by atoms with Gasteiger partial charge in [-0.1, -0.05) is 45.4 Å². The van der Waals surface area contributed by atoms with Crippen LogP contribution in [-0.4, -0.2) is 12.6 Å². The third-order valence-corrected chi connectivity index (χ3v) is 4.43. The van der Waals surface area contributed by atoms with Gasteiger partial charge >= 0.3 is 0 Å². The molecule has 21 heavy (non-hydrogen) atoms. The Kier molecular flexibility index (Phi) is 5.21. The molecular weight excluding hydrogens is 282 g/mol. The Hall–Kier alpha value is -0.730. The molecule has 0 saturated heterocycles. The first kappa shape index (κ1) is 16.6. The quantitative estimate of drug-likeness (QED) is 0.826. The van der Waals surface area contributed by atoms with Crippen molar-refractivity contribution in [3.05, 3.63) is 28.3 Å². The van der Waals surface area contributed by atoms with Gasteiger partial charge in [0.25, 0.3) is 0 Å². The van der Waals surface area contributed by atoms with Crippen LogP contribution in [0, 0.1) is 5.92 Å². The Morgan fingerprint density at radius 1 is 1.33 bits per heavy atom. The van der Waals surface area contributed by atoms with Gasteiger partial charge in [-0.3, -0.25) is 0 Å². The van der Waals surface area contributed by atoms with Crippen molar-refractivity contribution in [1.29, 1.82) is 0 Å². The fourth-order valence-corrected chi connectivity index (χ4v) is 2.60. The number of hydrogen-bond acceptors (Lipinski definition) is 2. The first-order chi connectivity index (χ1) is 9.81. The van der Waals surface area contributed by atoms with Crippen molar-refractivity contribution in [2.45, 2.75) is 64.8 Å². The molecule has 0 aliphatic heterocycles. The third kappa shape index (κ3) is 4.62. The molecule has 1 atom stereocenters. The standard InChI is InChI=1S/C18H28ClNO/c1-5-15(20)9-13-8-14(18(2,3)4)10-16(19)17(13)21-11-12-6-7-12/h8,10,12,15H,5-7,9,11,20H2,1-4H3. The van der Waals surface area contributed by atoms with Crippen LogP contribution in [0.1, 0.15) is 58.1 Å².